The molecule has 3 aromatic heterocycles. The summed E-state index contributed by atoms with van der Waals surface area (Å²) in [4.78, 5) is 33.5. The average molecular weight is 443 g/mol. The van der Waals surface area contributed by atoms with Gasteiger partial charge in [0, 0.05) is 17.1 Å². The van der Waals surface area contributed by atoms with Crippen molar-refractivity contribution in [3.05, 3.63) is 89.7 Å². The molecule has 32 heavy (non-hydrogen) atoms. The fourth-order valence-electron chi connectivity index (χ4n) is 3.40. The first-order valence-electron chi connectivity index (χ1n) is 9.89. The van der Waals surface area contributed by atoms with Gasteiger partial charge in [0.25, 0.3) is 0 Å². The molecule has 0 bridgehead atoms. The minimum atomic E-state index is -0.593. The summed E-state index contributed by atoms with van der Waals surface area (Å²) in [5, 5.41) is 7.28. The van der Waals surface area contributed by atoms with E-state index in [4.69, 9.17) is 0 Å². The van der Waals surface area contributed by atoms with E-state index in [0.717, 1.165) is 27.0 Å². The van der Waals surface area contributed by atoms with Crippen LogP contribution in [-0.4, -0.2) is 31.6 Å². The van der Waals surface area contributed by atoms with Gasteiger partial charge in [0.2, 0.25) is 11.7 Å². The largest absolute Gasteiger partial charge is 0.361 e. The van der Waals surface area contributed by atoms with Crippen molar-refractivity contribution >= 4 is 34.1 Å². The number of benzene rings is 2. The van der Waals surface area contributed by atoms with Crippen LogP contribution in [0.5, 0.6) is 0 Å². The summed E-state index contributed by atoms with van der Waals surface area (Å²) in [5.74, 6) is -0.417. The molecule has 0 radical (unpaired) electrons. The molecule has 0 spiro atoms. The van der Waals surface area contributed by atoms with Crippen molar-refractivity contribution < 1.29 is 9.59 Å². The molecule has 0 aliphatic carbocycles. The number of fused-ring (bicyclic) bond motifs is 1. The van der Waals surface area contributed by atoms with Crippen molar-refractivity contribution in [1.29, 1.82) is 0 Å². The van der Waals surface area contributed by atoms with Crippen molar-refractivity contribution in [2.45, 2.75) is 6.42 Å². The lowest BCUT2D eigenvalue weighted by molar-refractivity contribution is -0.121. The van der Waals surface area contributed by atoms with E-state index < -0.39 is 5.91 Å². The highest BCUT2D eigenvalue weighted by Crippen LogP contribution is 2.25. The highest BCUT2D eigenvalue weighted by atomic mass is 32.1. The lowest BCUT2D eigenvalue weighted by atomic mass is 10.1. The number of hydrogen-bond acceptors (Lipinski definition) is 5. The van der Waals surface area contributed by atoms with Gasteiger partial charge in [0.05, 0.1) is 17.0 Å². The van der Waals surface area contributed by atoms with Crippen LogP contribution >= 0.6 is 11.3 Å². The molecule has 5 rings (SSSR count). The number of rotatable bonds is 5. The molecule has 0 unspecified atom stereocenters. The maximum absolute atomic E-state index is 12.7. The molecule has 0 fully saturated rings. The third-order valence-corrected chi connectivity index (χ3v) is 5.76. The first-order valence-corrected chi connectivity index (χ1v) is 10.8. The fourth-order valence-corrected chi connectivity index (χ4v) is 4.10. The fraction of sp³-hybridized carbons (Fsp3) is 0.0435. The van der Waals surface area contributed by atoms with Gasteiger partial charge in [-0.3, -0.25) is 20.4 Å². The number of carbonyl (C=O) groups is 2. The Morgan fingerprint density at radius 1 is 0.969 bits per heavy atom. The van der Waals surface area contributed by atoms with Crippen LogP contribution in [0.2, 0.25) is 0 Å². The standard InChI is InChI=1S/C23H18N6O2S/c30-20(13-15-14-24-18-10-5-4-9-17(15)18)26-27-23(31)21-25-22(19-11-6-12-32-19)29(28-21)16-7-2-1-3-8-16/h1-12,14,24H,13H2,(H,26,30)(H,27,31). The Kier molecular flexibility index (Phi) is 5.22. The van der Waals surface area contributed by atoms with Crippen LogP contribution in [0.3, 0.4) is 0 Å². The monoisotopic (exact) mass is 442 g/mol. The van der Waals surface area contributed by atoms with Crippen LogP contribution in [0.4, 0.5) is 0 Å². The van der Waals surface area contributed by atoms with Crippen LogP contribution in [0.1, 0.15) is 16.2 Å². The highest BCUT2D eigenvalue weighted by molar-refractivity contribution is 7.13. The van der Waals surface area contributed by atoms with E-state index in [1.807, 2.05) is 72.1 Å². The number of hydrogen-bond donors (Lipinski definition) is 3. The Labute approximate surface area is 186 Å². The Balaban J connectivity index is 1.32. The molecule has 0 saturated heterocycles. The summed E-state index contributed by atoms with van der Waals surface area (Å²) in [5.41, 5.74) is 7.45. The second-order valence-corrected chi connectivity index (χ2v) is 7.97. The van der Waals surface area contributed by atoms with Crippen molar-refractivity contribution in [1.82, 2.24) is 30.6 Å². The molecule has 5 aromatic rings. The third-order valence-electron chi connectivity index (χ3n) is 4.89. The zero-order valence-electron chi connectivity index (χ0n) is 16.8. The molecule has 0 aliphatic rings. The first-order chi connectivity index (χ1) is 15.7. The van der Waals surface area contributed by atoms with Crippen molar-refractivity contribution in [3.63, 3.8) is 0 Å². The third kappa shape index (κ3) is 3.88. The Morgan fingerprint density at radius 2 is 1.78 bits per heavy atom. The van der Waals surface area contributed by atoms with Crippen LogP contribution < -0.4 is 10.9 Å². The highest BCUT2D eigenvalue weighted by Gasteiger charge is 2.20. The maximum Gasteiger partial charge on any atom is 0.309 e. The predicted molar refractivity (Wildman–Crippen MR) is 122 cm³/mol. The Morgan fingerprint density at radius 3 is 2.59 bits per heavy atom. The number of nitrogens with zero attached hydrogens (tertiary/aromatic N) is 3. The number of nitrogens with one attached hydrogen (secondary N) is 3. The molecular formula is C23H18N6O2S. The number of aromatic amines is 1. The topological polar surface area (TPSA) is 105 Å². The summed E-state index contributed by atoms with van der Waals surface area (Å²) in [7, 11) is 0. The molecule has 2 amide bonds. The normalized spacial score (nSPS) is 10.9. The minimum Gasteiger partial charge on any atom is -0.361 e. The van der Waals surface area contributed by atoms with Gasteiger partial charge in [-0.05, 0) is 35.2 Å². The zero-order valence-corrected chi connectivity index (χ0v) is 17.6. The van der Waals surface area contributed by atoms with E-state index in [1.54, 1.807) is 10.9 Å². The molecule has 3 N–H and O–H groups in total. The summed E-state index contributed by atoms with van der Waals surface area (Å²) in [6, 6.07) is 21.0. The summed E-state index contributed by atoms with van der Waals surface area (Å²) in [6.45, 7) is 0. The maximum atomic E-state index is 12.7. The van der Waals surface area contributed by atoms with Crippen LogP contribution in [-0.2, 0) is 11.2 Å². The second kappa shape index (κ2) is 8.48. The molecule has 8 nitrogen and oxygen atoms in total. The molecule has 2 aromatic carbocycles. The van der Waals surface area contributed by atoms with Crippen molar-refractivity contribution in [2.75, 3.05) is 0 Å². The van der Waals surface area contributed by atoms with Crippen LogP contribution in [0.15, 0.2) is 78.3 Å². The number of hydrazine groups is 1. The minimum absolute atomic E-state index is 0.0374. The molecule has 9 heteroatoms. The number of para-hydroxylation sites is 2. The predicted octanol–water partition coefficient (Wildman–Crippen LogP) is 3.48. The van der Waals surface area contributed by atoms with Gasteiger partial charge in [0.15, 0.2) is 5.82 Å². The van der Waals surface area contributed by atoms with E-state index in [-0.39, 0.29) is 18.2 Å². The first kappa shape index (κ1) is 19.7. The van der Waals surface area contributed by atoms with Crippen LogP contribution in [0.25, 0.3) is 27.3 Å². The number of H-pyrrole nitrogens is 1. The van der Waals surface area contributed by atoms with Crippen LogP contribution in [0, 0.1) is 0 Å². The Bertz CT molecular complexity index is 1390. The lowest BCUT2D eigenvalue weighted by Gasteiger charge is -2.05. The van der Waals surface area contributed by atoms with Gasteiger partial charge in [-0.2, -0.15) is 0 Å². The lowest BCUT2D eigenvalue weighted by Crippen LogP contribution is -2.42. The van der Waals surface area contributed by atoms with E-state index in [9.17, 15) is 9.59 Å². The van der Waals surface area contributed by atoms with E-state index in [1.165, 1.54) is 11.3 Å². The van der Waals surface area contributed by atoms with Crippen molar-refractivity contribution in [2.24, 2.45) is 0 Å². The van der Waals surface area contributed by atoms with E-state index in [0.29, 0.717) is 5.82 Å². The van der Waals surface area contributed by atoms with Gasteiger partial charge in [0.1, 0.15) is 0 Å². The van der Waals surface area contributed by atoms with Gasteiger partial charge in [-0.15, -0.1) is 16.4 Å². The summed E-state index contributed by atoms with van der Waals surface area (Å²) in [6.07, 6.45) is 1.92. The number of thiophene rings is 1. The molecule has 0 aliphatic heterocycles. The number of amides is 2. The second-order valence-electron chi connectivity index (χ2n) is 7.02. The average Bonchev–Trinajstić information content (AvgIpc) is 3.58. The van der Waals surface area contributed by atoms with Gasteiger partial charge in [-0.25, -0.2) is 9.67 Å². The SMILES string of the molecule is O=C(Cc1c[nH]c2ccccc12)NNC(=O)c1nc(-c2cccs2)n(-c2ccccc2)n1. The smallest absolute Gasteiger partial charge is 0.309 e. The molecule has 0 saturated carbocycles. The molecule has 158 valence electrons. The zero-order chi connectivity index (χ0) is 21.9. The molecule has 3 heterocycles. The molecular weight excluding hydrogens is 424 g/mol. The Hall–Kier alpha value is -4.24. The quantitative estimate of drug-likeness (QED) is 0.363. The van der Waals surface area contributed by atoms with Gasteiger partial charge < -0.3 is 4.98 Å². The van der Waals surface area contributed by atoms with Gasteiger partial charge in [-0.1, -0.05) is 42.5 Å². The van der Waals surface area contributed by atoms with E-state index >= 15 is 0 Å². The number of aromatic nitrogens is 4. The summed E-state index contributed by atoms with van der Waals surface area (Å²) < 4.78 is 1.62. The van der Waals surface area contributed by atoms with Crippen molar-refractivity contribution in [3.8, 4) is 16.4 Å². The van der Waals surface area contributed by atoms with E-state index in [2.05, 4.69) is 25.9 Å². The number of carbonyl (C=O) groups excluding carboxylic acids is 2. The van der Waals surface area contributed by atoms with Gasteiger partial charge >= 0.3 is 5.91 Å². The molecule has 0 atom stereocenters. The summed E-state index contributed by atoms with van der Waals surface area (Å²) >= 11 is 1.50.